The topological polar surface area (TPSA) is 67.9 Å². The number of carbonyl (C=O) groups is 2. The molecule has 2 amide bonds. The molecule has 0 unspecified atom stereocenters. The molecule has 22 heavy (non-hydrogen) atoms. The van der Waals surface area contributed by atoms with Crippen molar-refractivity contribution < 1.29 is 19.1 Å². The number of aryl methyl sites for hydroxylation is 1. The highest BCUT2D eigenvalue weighted by Crippen LogP contribution is 2.15. The molecule has 0 saturated carbocycles. The number of fused-ring (bicyclic) bond motifs is 3. The molecule has 2 saturated heterocycles. The van der Waals surface area contributed by atoms with Gasteiger partial charge < -0.3 is 19.7 Å². The minimum atomic E-state index is -0.296. The van der Waals surface area contributed by atoms with Crippen LogP contribution < -0.4 is 10.1 Å². The maximum Gasteiger partial charge on any atom is 0.260 e. The van der Waals surface area contributed by atoms with Gasteiger partial charge in [-0.25, -0.2) is 0 Å². The van der Waals surface area contributed by atoms with Gasteiger partial charge in [-0.15, -0.1) is 0 Å². The minimum Gasteiger partial charge on any atom is -0.484 e. The van der Waals surface area contributed by atoms with Gasteiger partial charge in [0, 0.05) is 13.1 Å². The number of hydrogen-bond donors (Lipinski definition) is 1. The van der Waals surface area contributed by atoms with E-state index in [1.54, 1.807) is 4.90 Å². The van der Waals surface area contributed by atoms with Crippen molar-refractivity contribution in [1.29, 1.82) is 0 Å². The number of carbonyl (C=O) groups excluding carboxylic acids is 2. The molecule has 2 atom stereocenters. The van der Waals surface area contributed by atoms with Crippen LogP contribution in [0.3, 0.4) is 0 Å². The number of rotatable bonds is 3. The number of amides is 2. The molecule has 1 N–H and O–H groups in total. The maximum atomic E-state index is 12.3. The van der Waals surface area contributed by atoms with Crippen LogP contribution in [0.4, 0.5) is 0 Å². The number of benzene rings is 1. The van der Waals surface area contributed by atoms with Gasteiger partial charge in [0.1, 0.15) is 5.75 Å². The Kier molecular flexibility index (Phi) is 4.29. The fourth-order valence-corrected chi connectivity index (χ4v) is 2.70. The lowest BCUT2D eigenvalue weighted by molar-refractivity contribution is -0.135. The lowest BCUT2D eigenvalue weighted by Crippen LogP contribution is -2.45. The number of hydrogen-bond acceptors (Lipinski definition) is 4. The van der Waals surface area contributed by atoms with Crippen LogP contribution in [-0.2, 0) is 14.3 Å². The number of ether oxygens (including phenoxy) is 2. The van der Waals surface area contributed by atoms with Gasteiger partial charge in [0.2, 0.25) is 5.91 Å². The van der Waals surface area contributed by atoms with Crippen LogP contribution in [0.15, 0.2) is 24.3 Å². The summed E-state index contributed by atoms with van der Waals surface area (Å²) in [6, 6.07) is 7.44. The van der Waals surface area contributed by atoms with E-state index in [2.05, 4.69) is 5.32 Å². The molecule has 1 aromatic rings. The van der Waals surface area contributed by atoms with Gasteiger partial charge >= 0.3 is 0 Å². The van der Waals surface area contributed by atoms with E-state index in [1.165, 1.54) is 0 Å². The molecule has 3 rings (SSSR count). The molecule has 2 aliphatic rings. The first kappa shape index (κ1) is 14.8. The zero-order valence-electron chi connectivity index (χ0n) is 12.6. The van der Waals surface area contributed by atoms with Crippen molar-refractivity contribution >= 4 is 11.8 Å². The Labute approximate surface area is 129 Å². The highest BCUT2D eigenvalue weighted by Gasteiger charge is 2.35. The van der Waals surface area contributed by atoms with Gasteiger partial charge in [-0.1, -0.05) is 17.7 Å². The zero-order chi connectivity index (χ0) is 15.5. The molecule has 2 fully saturated rings. The van der Waals surface area contributed by atoms with Crippen LogP contribution in [-0.4, -0.2) is 55.7 Å². The van der Waals surface area contributed by atoms with Crippen molar-refractivity contribution in [3.63, 3.8) is 0 Å². The van der Waals surface area contributed by atoms with E-state index in [1.807, 2.05) is 31.2 Å². The molecule has 0 spiro atoms. The predicted molar refractivity (Wildman–Crippen MR) is 79.5 cm³/mol. The lowest BCUT2D eigenvalue weighted by atomic mass is 10.1. The lowest BCUT2D eigenvalue weighted by Gasteiger charge is -2.27. The highest BCUT2D eigenvalue weighted by atomic mass is 16.5. The van der Waals surface area contributed by atoms with Gasteiger partial charge in [0.25, 0.3) is 5.91 Å². The molecule has 6 heteroatoms. The molecule has 2 heterocycles. The van der Waals surface area contributed by atoms with Crippen molar-refractivity contribution in [3.05, 3.63) is 29.8 Å². The van der Waals surface area contributed by atoms with Crippen LogP contribution in [0.2, 0.25) is 0 Å². The standard InChI is InChI=1S/C16H20N2O4/c1-11-2-4-14(5-3-11)22-10-15(19)18-6-12-8-21-9-13(7-18)17-16(12)20/h2-5,12-13H,6-10H2,1H3,(H,17,20)/t12-,13+/m1/s1. The molecule has 0 aliphatic carbocycles. The van der Waals surface area contributed by atoms with Gasteiger partial charge in [-0.3, -0.25) is 9.59 Å². The van der Waals surface area contributed by atoms with E-state index >= 15 is 0 Å². The van der Waals surface area contributed by atoms with Crippen molar-refractivity contribution in [3.8, 4) is 5.75 Å². The second-order valence-corrected chi connectivity index (χ2v) is 5.84. The van der Waals surface area contributed by atoms with Crippen molar-refractivity contribution in [1.82, 2.24) is 10.2 Å². The minimum absolute atomic E-state index is 0.0163. The fraction of sp³-hybridized carbons (Fsp3) is 0.500. The molecule has 0 aromatic heterocycles. The quantitative estimate of drug-likeness (QED) is 0.875. The number of nitrogens with zero attached hydrogens (tertiary/aromatic N) is 1. The first-order chi connectivity index (χ1) is 10.6. The van der Waals surface area contributed by atoms with E-state index in [0.29, 0.717) is 32.1 Å². The van der Waals surface area contributed by atoms with Crippen molar-refractivity contribution in [2.45, 2.75) is 13.0 Å². The molecule has 0 radical (unpaired) electrons. The first-order valence-electron chi connectivity index (χ1n) is 7.47. The fourth-order valence-electron chi connectivity index (χ4n) is 2.70. The Balaban J connectivity index is 1.60. The molecule has 2 bridgehead atoms. The van der Waals surface area contributed by atoms with Gasteiger partial charge in [0.15, 0.2) is 6.61 Å². The number of nitrogens with one attached hydrogen (secondary N) is 1. The van der Waals surface area contributed by atoms with Crippen molar-refractivity contribution in [2.75, 3.05) is 32.9 Å². The summed E-state index contributed by atoms with van der Waals surface area (Å²) in [4.78, 5) is 26.0. The summed E-state index contributed by atoms with van der Waals surface area (Å²) < 4.78 is 11.0. The highest BCUT2D eigenvalue weighted by molar-refractivity contribution is 5.83. The monoisotopic (exact) mass is 304 g/mol. The molecule has 2 aliphatic heterocycles. The first-order valence-corrected chi connectivity index (χ1v) is 7.47. The largest absolute Gasteiger partial charge is 0.484 e. The Morgan fingerprint density at radius 1 is 1.32 bits per heavy atom. The van der Waals surface area contributed by atoms with Crippen LogP contribution in [0.5, 0.6) is 5.75 Å². The van der Waals surface area contributed by atoms with Crippen molar-refractivity contribution in [2.24, 2.45) is 5.92 Å². The van der Waals surface area contributed by atoms with E-state index in [4.69, 9.17) is 9.47 Å². The smallest absolute Gasteiger partial charge is 0.260 e. The van der Waals surface area contributed by atoms with Crippen LogP contribution in [0.25, 0.3) is 0 Å². The second kappa shape index (κ2) is 6.36. The third kappa shape index (κ3) is 3.39. The second-order valence-electron chi connectivity index (χ2n) is 5.84. The van der Waals surface area contributed by atoms with E-state index in [0.717, 1.165) is 5.56 Å². The van der Waals surface area contributed by atoms with Crippen LogP contribution in [0, 0.1) is 12.8 Å². The summed E-state index contributed by atoms with van der Waals surface area (Å²) in [6.07, 6.45) is 0. The summed E-state index contributed by atoms with van der Waals surface area (Å²) in [6.45, 7) is 3.65. The van der Waals surface area contributed by atoms with Gasteiger partial charge in [-0.2, -0.15) is 0 Å². The average Bonchev–Trinajstić information content (AvgIpc) is 2.75. The maximum absolute atomic E-state index is 12.3. The normalized spacial score (nSPS) is 24.4. The van der Waals surface area contributed by atoms with E-state index < -0.39 is 0 Å². The molecule has 118 valence electrons. The van der Waals surface area contributed by atoms with Crippen LogP contribution >= 0.6 is 0 Å². The predicted octanol–water partition coefficient (Wildman–Crippen LogP) is 0.347. The third-order valence-electron chi connectivity index (χ3n) is 3.97. The zero-order valence-corrected chi connectivity index (χ0v) is 12.6. The van der Waals surface area contributed by atoms with Gasteiger partial charge in [0.05, 0.1) is 25.2 Å². The molecule has 1 aromatic carbocycles. The summed E-state index contributed by atoms with van der Waals surface area (Å²) in [7, 11) is 0. The summed E-state index contributed by atoms with van der Waals surface area (Å²) >= 11 is 0. The van der Waals surface area contributed by atoms with Crippen LogP contribution in [0.1, 0.15) is 5.56 Å². The van der Waals surface area contributed by atoms with E-state index in [9.17, 15) is 9.59 Å². The summed E-state index contributed by atoms with van der Waals surface area (Å²) in [5, 5.41) is 2.91. The molecule has 6 nitrogen and oxygen atoms in total. The van der Waals surface area contributed by atoms with Gasteiger partial charge in [-0.05, 0) is 19.1 Å². The SMILES string of the molecule is Cc1ccc(OCC(=O)N2C[C@H]3COC[C@@H](C2)C(=O)N3)cc1. The average molecular weight is 304 g/mol. The Morgan fingerprint density at radius 3 is 2.86 bits per heavy atom. The third-order valence-corrected chi connectivity index (χ3v) is 3.97. The Bertz CT molecular complexity index is 558. The van der Waals surface area contributed by atoms with E-state index in [-0.39, 0.29) is 30.4 Å². The Hall–Kier alpha value is -2.08. The molecular weight excluding hydrogens is 284 g/mol. The summed E-state index contributed by atoms with van der Waals surface area (Å²) in [5.74, 6) is 0.244. The molecular formula is C16H20N2O4. The summed E-state index contributed by atoms with van der Waals surface area (Å²) in [5.41, 5.74) is 1.14. The Morgan fingerprint density at radius 2 is 2.09 bits per heavy atom.